The summed E-state index contributed by atoms with van der Waals surface area (Å²) in [4.78, 5) is 55.3. The fraction of sp³-hybridized carbons (Fsp3) is 0.409. The Balaban J connectivity index is 1.94. The summed E-state index contributed by atoms with van der Waals surface area (Å²) in [6, 6.07) is 4.67. The van der Waals surface area contributed by atoms with Gasteiger partial charge in [0, 0.05) is 23.6 Å². The minimum Gasteiger partial charge on any atom is -0.480 e. The van der Waals surface area contributed by atoms with Crippen molar-refractivity contribution < 1.29 is 24.3 Å². The van der Waals surface area contributed by atoms with Gasteiger partial charge in [-0.25, -0.2) is 0 Å². The average Bonchev–Trinajstić information content (AvgIpc) is 3.21. The van der Waals surface area contributed by atoms with E-state index < -0.39 is 48.4 Å². The molecule has 0 spiro atoms. The van der Waals surface area contributed by atoms with Gasteiger partial charge in [0.05, 0.1) is 6.04 Å². The quantitative estimate of drug-likeness (QED) is 0.0915. The molecule has 0 aliphatic rings. The summed E-state index contributed by atoms with van der Waals surface area (Å²) in [6.45, 7) is 1.07. The van der Waals surface area contributed by atoms with Crippen molar-refractivity contribution in [2.45, 2.75) is 44.3 Å². The number of carbonyl (C=O) groups excluding carboxylic acids is 3. The Labute approximate surface area is 201 Å². The zero-order valence-corrected chi connectivity index (χ0v) is 19.4. The van der Waals surface area contributed by atoms with E-state index in [1.165, 1.54) is 6.92 Å². The zero-order chi connectivity index (χ0) is 26.0. The van der Waals surface area contributed by atoms with Crippen LogP contribution in [0.1, 0.15) is 25.3 Å². The summed E-state index contributed by atoms with van der Waals surface area (Å²) < 4.78 is 0. The van der Waals surface area contributed by atoms with E-state index in [0.29, 0.717) is 6.42 Å². The van der Waals surface area contributed by atoms with Gasteiger partial charge in [-0.3, -0.25) is 24.2 Å². The largest absolute Gasteiger partial charge is 0.480 e. The fourth-order valence-electron chi connectivity index (χ4n) is 3.37. The molecular formula is C22H32N8O5. The number of nitrogens with zero attached hydrogens (tertiary/aromatic N) is 1. The van der Waals surface area contributed by atoms with Crippen molar-refractivity contribution in [3.05, 3.63) is 36.0 Å². The topological polar surface area (TPSA) is 231 Å². The summed E-state index contributed by atoms with van der Waals surface area (Å²) in [5, 5.41) is 17.0. The molecule has 190 valence electrons. The number of hydrogen-bond acceptors (Lipinski definition) is 6. The highest BCUT2D eigenvalue weighted by molar-refractivity contribution is 5.93. The van der Waals surface area contributed by atoms with Crippen LogP contribution in [0, 0.1) is 0 Å². The number of carboxylic acid groups (broad SMARTS) is 1. The molecule has 2 aromatic rings. The minimum absolute atomic E-state index is 0.110. The van der Waals surface area contributed by atoms with Crippen LogP contribution in [0.25, 0.3) is 10.9 Å². The molecule has 13 heteroatoms. The van der Waals surface area contributed by atoms with Gasteiger partial charge in [-0.15, -0.1) is 0 Å². The number of benzene rings is 1. The Morgan fingerprint density at radius 1 is 1.09 bits per heavy atom. The Bertz CT molecular complexity index is 1080. The van der Waals surface area contributed by atoms with Crippen molar-refractivity contribution in [3.8, 4) is 0 Å². The highest BCUT2D eigenvalue weighted by Crippen LogP contribution is 2.18. The Kier molecular flexibility index (Phi) is 10.0. The predicted octanol–water partition coefficient (Wildman–Crippen LogP) is -1.72. The number of nitrogens with two attached hydrogens (primary N) is 3. The van der Waals surface area contributed by atoms with E-state index in [1.54, 1.807) is 6.20 Å². The van der Waals surface area contributed by atoms with Crippen LogP contribution in [0.5, 0.6) is 0 Å². The maximum absolute atomic E-state index is 12.7. The van der Waals surface area contributed by atoms with E-state index in [-0.39, 0.29) is 25.3 Å². The number of carboxylic acids is 1. The molecule has 11 N–H and O–H groups in total. The minimum atomic E-state index is -1.23. The Morgan fingerprint density at radius 2 is 1.80 bits per heavy atom. The number of para-hydroxylation sites is 1. The number of fused-ring (bicyclic) bond motifs is 1. The van der Waals surface area contributed by atoms with Gasteiger partial charge in [-0.1, -0.05) is 18.2 Å². The molecule has 3 amide bonds. The molecule has 0 saturated carbocycles. The fourth-order valence-corrected chi connectivity index (χ4v) is 3.37. The SMILES string of the molecule is CC(NC(=O)C(N)Cc1c[nH]c2ccccc12)C(=O)NC(CCCN=C(N)N)C(=O)NCC(=O)O. The highest BCUT2D eigenvalue weighted by atomic mass is 16.4. The second-order valence-electron chi connectivity index (χ2n) is 8.02. The van der Waals surface area contributed by atoms with Gasteiger partial charge in [0.15, 0.2) is 5.96 Å². The van der Waals surface area contributed by atoms with Crippen LogP contribution in [0.4, 0.5) is 0 Å². The number of H-pyrrole nitrogens is 1. The molecule has 13 nitrogen and oxygen atoms in total. The van der Waals surface area contributed by atoms with Crippen molar-refractivity contribution in [3.63, 3.8) is 0 Å². The Morgan fingerprint density at radius 3 is 2.49 bits per heavy atom. The van der Waals surface area contributed by atoms with E-state index in [4.69, 9.17) is 22.3 Å². The number of nitrogens with one attached hydrogen (secondary N) is 4. The first-order valence-corrected chi connectivity index (χ1v) is 11.0. The van der Waals surface area contributed by atoms with Crippen molar-refractivity contribution >= 4 is 40.6 Å². The van der Waals surface area contributed by atoms with E-state index >= 15 is 0 Å². The monoisotopic (exact) mass is 488 g/mol. The molecule has 1 heterocycles. The molecule has 1 aromatic heterocycles. The summed E-state index contributed by atoms with van der Waals surface area (Å²) in [6.07, 6.45) is 2.54. The lowest BCUT2D eigenvalue weighted by Crippen LogP contribution is -2.55. The van der Waals surface area contributed by atoms with Crippen molar-refractivity contribution in [1.29, 1.82) is 0 Å². The lowest BCUT2D eigenvalue weighted by molar-refractivity contribution is -0.138. The molecule has 2 rings (SSSR count). The molecule has 35 heavy (non-hydrogen) atoms. The maximum Gasteiger partial charge on any atom is 0.322 e. The first kappa shape index (κ1) is 27.1. The number of hydrogen-bond donors (Lipinski definition) is 8. The van der Waals surface area contributed by atoms with Crippen molar-refractivity contribution in [1.82, 2.24) is 20.9 Å². The van der Waals surface area contributed by atoms with E-state index in [0.717, 1.165) is 16.5 Å². The van der Waals surface area contributed by atoms with Gasteiger partial charge in [0.1, 0.15) is 18.6 Å². The molecule has 0 aliphatic heterocycles. The number of aromatic amines is 1. The van der Waals surface area contributed by atoms with Crippen LogP contribution < -0.4 is 33.2 Å². The van der Waals surface area contributed by atoms with E-state index in [2.05, 4.69) is 25.9 Å². The van der Waals surface area contributed by atoms with Crippen molar-refractivity contribution in [2.24, 2.45) is 22.2 Å². The van der Waals surface area contributed by atoms with Crippen LogP contribution in [-0.4, -0.2) is 71.0 Å². The van der Waals surface area contributed by atoms with E-state index in [1.807, 2.05) is 24.3 Å². The van der Waals surface area contributed by atoms with Crippen LogP contribution in [0.3, 0.4) is 0 Å². The number of aliphatic carboxylic acids is 1. The molecule has 0 aliphatic carbocycles. The molecule has 0 fully saturated rings. The van der Waals surface area contributed by atoms with Gasteiger partial charge in [-0.05, 0) is 37.8 Å². The smallest absolute Gasteiger partial charge is 0.322 e. The maximum atomic E-state index is 12.7. The summed E-state index contributed by atoms with van der Waals surface area (Å²) in [5.41, 5.74) is 18.4. The third-order valence-electron chi connectivity index (χ3n) is 5.20. The predicted molar refractivity (Wildman–Crippen MR) is 130 cm³/mol. The third kappa shape index (κ3) is 8.62. The lowest BCUT2D eigenvalue weighted by atomic mass is 10.0. The number of carbonyl (C=O) groups is 4. The van der Waals surface area contributed by atoms with Crippen molar-refractivity contribution in [2.75, 3.05) is 13.1 Å². The normalized spacial score (nSPS) is 13.3. The molecule has 3 atom stereocenters. The standard InChI is InChI=1S/C22H32N8O5/c1-12(29-20(34)15(23)9-13-10-27-16-6-3-2-5-14(13)16)19(33)30-17(7-4-8-26-22(24)25)21(35)28-11-18(31)32/h2-3,5-6,10,12,15,17,27H,4,7-9,11,23H2,1H3,(H,28,35)(H,29,34)(H,30,33)(H,31,32)(H4,24,25,26). The molecule has 0 saturated heterocycles. The third-order valence-corrected chi connectivity index (χ3v) is 5.20. The number of guanidine groups is 1. The molecule has 3 unspecified atom stereocenters. The summed E-state index contributed by atoms with van der Waals surface area (Å²) in [7, 11) is 0. The molecule has 1 aromatic carbocycles. The van der Waals surface area contributed by atoms with E-state index in [9.17, 15) is 19.2 Å². The second-order valence-corrected chi connectivity index (χ2v) is 8.02. The molecule has 0 bridgehead atoms. The van der Waals surface area contributed by atoms with Crippen LogP contribution >= 0.6 is 0 Å². The van der Waals surface area contributed by atoms with Gasteiger partial charge >= 0.3 is 5.97 Å². The first-order chi connectivity index (χ1) is 16.6. The molecular weight excluding hydrogens is 456 g/mol. The number of aromatic nitrogens is 1. The van der Waals surface area contributed by atoms with Crippen LogP contribution in [0.15, 0.2) is 35.5 Å². The summed E-state index contributed by atoms with van der Waals surface area (Å²) in [5.74, 6) is -3.18. The zero-order valence-electron chi connectivity index (χ0n) is 19.4. The number of amides is 3. The Hall–Kier alpha value is -4.13. The van der Waals surface area contributed by atoms with Gasteiger partial charge in [0.25, 0.3) is 0 Å². The average molecular weight is 489 g/mol. The first-order valence-electron chi connectivity index (χ1n) is 11.0. The second kappa shape index (κ2) is 12.9. The molecule has 0 radical (unpaired) electrons. The van der Waals surface area contributed by atoms with Gasteiger partial charge in [-0.2, -0.15) is 0 Å². The van der Waals surface area contributed by atoms with Crippen LogP contribution in [0.2, 0.25) is 0 Å². The highest BCUT2D eigenvalue weighted by Gasteiger charge is 2.26. The van der Waals surface area contributed by atoms with Crippen LogP contribution in [-0.2, 0) is 25.6 Å². The number of rotatable bonds is 13. The van der Waals surface area contributed by atoms with Gasteiger partial charge in [0.2, 0.25) is 17.7 Å². The summed E-state index contributed by atoms with van der Waals surface area (Å²) >= 11 is 0. The number of aliphatic imine (C=N–C) groups is 1. The van der Waals surface area contributed by atoms with Gasteiger partial charge < -0.3 is 43.2 Å². The lowest BCUT2D eigenvalue weighted by Gasteiger charge is -2.22.